The van der Waals surface area contributed by atoms with Crippen molar-refractivity contribution in [2.24, 2.45) is 0 Å². The largest absolute Gasteiger partial charge is 0.373 e. The van der Waals surface area contributed by atoms with E-state index in [4.69, 9.17) is 4.74 Å². The molecule has 1 saturated heterocycles. The lowest BCUT2D eigenvalue weighted by Gasteiger charge is -2.32. The van der Waals surface area contributed by atoms with E-state index in [1.54, 1.807) is 0 Å². The van der Waals surface area contributed by atoms with Gasteiger partial charge in [0.1, 0.15) is 0 Å². The number of rotatable bonds is 4. The van der Waals surface area contributed by atoms with Crippen molar-refractivity contribution in [2.75, 3.05) is 13.1 Å². The van der Waals surface area contributed by atoms with Gasteiger partial charge in [-0.05, 0) is 59.2 Å². The SMILES string of the molecule is O=C(c1cccc(I)c1)N1CCC(OCc2ccccc2)CC1. The Kier molecular flexibility index (Phi) is 5.67. The average molecular weight is 421 g/mol. The van der Waals surface area contributed by atoms with Crippen LogP contribution in [0.3, 0.4) is 0 Å². The van der Waals surface area contributed by atoms with Crippen molar-refractivity contribution in [2.45, 2.75) is 25.6 Å². The minimum absolute atomic E-state index is 0.130. The van der Waals surface area contributed by atoms with E-state index in [2.05, 4.69) is 34.7 Å². The third-order valence-corrected chi connectivity index (χ3v) is 4.80. The average Bonchev–Trinajstić information content (AvgIpc) is 2.61. The highest BCUT2D eigenvalue weighted by atomic mass is 127. The topological polar surface area (TPSA) is 29.5 Å². The number of carbonyl (C=O) groups excluding carboxylic acids is 1. The molecule has 3 rings (SSSR count). The number of ether oxygens (including phenoxy) is 1. The molecule has 0 spiro atoms. The summed E-state index contributed by atoms with van der Waals surface area (Å²) in [5.41, 5.74) is 1.98. The maximum absolute atomic E-state index is 12.5. The number of hydrogen-bond donors (Lipinski definition) is 0. The molecule has 1 heterocycles. The van der Waals surface area contributed by atoms with E-state index in [9.17, 15) is 4.79 Å². The second kappa shape index (κ2) is 7.93. The van der Waals surface area contributed by atoms with Crippen LogP contribution in [-0.2, 0) is 11.3 Å². The molecule has 0 aliphatic carbocycles. The van der Waals surface area contributed by atoms with Gasteiger partial charge in [0.2, 0.25) is 0 Å². The normalized spacial score (nSPS) is 15.6. The number of piperidine rings is 1. The zero-order chi connectivity index (χ0) is 16.1. The van der Waals surface area contributed by atoms with Crippen LogP contribution in [0.15, 0.2) is 54.6 Å². The molecule has 0 saturated carbocycles. The Labute approximate surface area is 150 Å². The van der Waals surface area contributed by atoms with Crippen LogP contribution in [0.1, 0.15) is 28.8 Å². The van der Waals surface area contributed by atoms with Crippen molar-refractivity contribution in [3.05, 3.63) is 69.3 Å². The molecule has 0 N–H and O–H groups in total. The van der Waals surface area contributed by atoms with Crippen molar-refractivity contribution in [1.82, 2.24) is 4.90 Å². The molecule has 2 aromatic carbocycles. The predicted octanol–water partition coefficient (Wildman–Crippen LogP) is 4.11. The van der Waals surface area contributed by atoms with Crippen molar-refractivity contribution in [3.8, 4) is 0 Å². The Morgan fingerprint density at radius 2 is 1.83 bits per heavy atom. The number of hydrogen-bond acceptors (Lipinski definition) is 2. The van der Waals surface area contributed by atoms with Gasteiger partial charge in [-0.3, -0.25) is 4.79 Å². The standard InChI is InChI=1S/C19H20INO2/c20-17-8-4-7-16(13-17)19(22)21-11-9-18(10-12-21)23-14-15-5-2-1-3-6-15/h1-8,13,18H,9-12,14H2. The van der Waals surface area contributed by atoms with Gasteiger partial charge in [-0.1, -0.05) is 36.4 Å². The molecule has 0 atom stereocenters. The van der Waals surface area contributed by atoms with Crippen LogP contribution in [0.25, 0.3) is 0 Å². The Morgan fingerprint density at radius 3 is 2.52 bits per heavy atom. The monoisotopic (exact) mass is 421 g/mol. The molecular formula is C19H20INO2. The molecule has 1 aliphatic rings. The van der Waals surface area contributed by atoms with Gasteiger partial charge in [-0.25, -0.2) is 0 Å². The second-order valence-corrected chi connectivity index (χ2v) is 7.04. The summed E-state index contributed by atoms with van der Waals surface area (Å²) in [4.78, 5) is 14.5. The smallest absolute Gasteiger partial charge is 0.253 e. The summed E-state index contributed by atoms with van der Waals surface area (Å²) in [5.74, 6) is 0.130. The fraction of sp³-hybridized carbons (Fsp3) is 0.316. The van der Waals surface area contributed by atoms with Crippen molar-refractivity contribution in [3.63, 3.8) is 0 Å². The second-order valence-electron chi connectivity index (χ2n) is 5.80. The molecule has 23 heavy (non-hydrogen) atoms. The van der Waals surface area contributed by atoms with Gasteiger partial charge in [-0.2, -0.15) is 0 Å². The number of benzene rings is 2. The fourth-order valence-electron chi connectivity index (χ4n) is 2.82. The summed E-state index contributed by atoms with van der Waals surface area (Å²) in [6.45, 7) is 2.18. The summed E-state index contributed by atoms with van der Waals surface area (Å²) >= 11 is 2.24. The van der Waals surface area contributed by atoms with Gasteiger partial charge < -0.3 is 9.64 Å². The minimum atomic E-state index is 0.130. The van der Waals surface area contributed by atoms with Crippen molar-refractivity contribution < 1.29 is 9.53 Å². The van der Waals surface area contributed by atoms with Gasteiger partial charge in [0, 0.05) is 22.2 Å². The lowest BCUT2D eigenvalue weighted by molar-refractivity contribution is -0.000380. The maximum atomic E-state index is 12.5. The van der Waals surface area contributed by atoms with Crippen LogP contribution < -0.4 is 0 Å². The summed E-state index contributed by atoms with van der Waals surface area (Å²) < 4.78 is 7.07. The zero-order valence-corrected chi connectivity index (χ0v) is 15.1. The number of likely N-dealkylation sites (tertiary alicyclic amines) is 1. The van der Waals surface area contributed by atoms with Crippen LogP contribution in [0.4, 0.5) is 0 Å². The van der Waals surface area contributed by atoms with Crippen LogP contribution in [0.2, 0.25) is 0 Å². The van der Waals surface area contributed by atoms with E-state index in [-0.39, 0.29) is 12.0 Å². The Morgan fingerprint density at radius 1 is 1.09 bits per heavy atom. The van der Waals surface area contributed by atoms with E-state index in [1.807, 2.05) is 47.4 Å². The highest BCUT2D eigenvalue weighted by Crippen LogP contribution is 2.18. The molecule has 1 aliphatic heterocycles. The van der Waals surface area contributed by atoms with E-state index in [0.29, 0.717) is 6.61 Å². The molecule has 0 unspecified atom stereocenters. The number of nitrogens with zero attached hydrogens (tertiary/aromatic N) is 1. The molecule has 3 nitrogen and oxygen atoms in total. The van der Waals surface area contributed by atoms with E-state index in [1.165, 1.54) is 5.56 Å². The number of halogens is 1. The number of amides is 1. The molecule has 1 fully saturated rings. The van der Waals surface area contributed by atoms with Gasteiger partial charge in [0.05, 0.1) is 12.7 Å². The molecule has 2 aromatic rings. The van der Waals surface area contributed by atoms with Crippen LogP contribution in [0, 0.1) is 3.57 Å². The first-order valence-electron chi connectivity index (χ1n) is 7.93. The van der Waals surface area contributed by atoms with Crippen LogP contribution in [-0.4, -0.2) is 30.0 Å². The predicted molar refractivity (Wildman–Crippen MR) is 99.3 cm³/mol. The molecule has 0 bridgehead atoms. The van der Waals surface area contributed by atoms with Gasteiger partial charge in [0.15, 0.2) is 0 Å². The minimum Gasteiger partial charge on any atom is -0.373 e. The van der Waals surface area contributed by atoms with E-state index < -0.39 is 0 Å². The first kappa shape index (κ1) is 16.5. The molecule has 0 aromatic heterocycles. The van der Waals surface area contributed by atoms with Gasteiger partial charge >= 0.3 is 0 Å². The lowest BCUT2D eigenvalue weighted by atomic mass is 10.1. The first-order chi connectivity index (χ1) is 11.2. The van der Waals surface area contributed by atoms with Crippen LogP contribution >= 0.6 is 22.6 Å². The van der Waals surface area contributed by atoms with Crippen molar-refractivity contribution >= 4 is 28.5 Å². The third-order valence-electron chi connectivity index (χ3n) is 4.13. The molecule has 1 amide bonds. The highest BCUT2D eigenvalue weighted by molar-refractivity contribution is 14.1. The number of carbonyl (C=O) groups is 1. The lowest BCUT2D eigenvalue weighted by Crippen LogP contribution is -2.40. The molecule has 120 valence electrons. The zero-order valence-electron chi connectivity index (χ0n) is 13.0. The molecular weight excluding hydrogens is 401 g/mol. The Bertz CT molecular complexity index is 651. The Hall–Kier alpha value is -1.40. The first-order valence-corrected chi connectivity index (χ1v) is 9.00. The van der Waals surface area contributed by atoms with Gasteiger partial charge in [-0.15, -0.1) is 0 Å². The maximum Gasteiger partial charge on any atom is 0.253 e. The quantitative estimate of drug-likeness (QED) is 0.696. The molecule has 0 radical (unpaired) electrons. The molecule has 4 heteroatoms. The summed E-state index contributed by atoms with van der Waals surface area (Å²) in [5, 5.41) is 0. The van der Waals surface area contributed by atoms with Crippen LogP contribution in [0.5, 0.6) is 0 Å². The highest BCUT2D eigenvalue weighted by Gasteiger charge is 2.24. The van der Waals surface area contributed by atoms with Crippen molar-refractivity contribution in [1.29, 1.82) is 0 Å². The Balaban J connectivity index is 1.49. The summed E-state index contributed by atoms with van der Waals surface area (Å²) in [6, 6.07) is 18.0. The summed E-state index contributed by atoms with van der Waals surface area (Å²) in [6.07, 6.45) is 2.06. The van der Waals surface area contributed by atoms with E-state index in [0.717, 1.165) is 35.1 Å². The van der Waals surface area contributed by atoms with Gasteiger partial charge in [0.25, 0.3) is 5.91 Å². The van der Waals surface area contributed by atoms with E-state index >= 15 is 0 Å². The fourth-order valence-corrected chi connectivity index (χ4v) is 3.36. The third kappa shape index (κ3) is 4.54. The summed E-state index contributed by atoms with van der Waals surface area (Å²) in [7, 11) is 0.